The summed E-state index contributed by atoms with van der Waals surface area (Å²) in [5.41, 5.74) is 0.975. The highest BCUT2D eigenvalue weighted by Crippen LogP contribution is 2.43. The molecule has 1 aliphatic heterocycles. The lowest BCUT2D eigenvalue weighted by Gasteiger charge is -2.16. The van der Waals surface area contributed by atoms with Crippen LogP contribution >= 0.6 is 11.6 Å². The molecule has 0 amide bonds. The number of carbonyl (C=O) groups excluding carboxylic acids is 1. The monoisotopic (exact) mass is 272 g/mol. The average molecular weight is 273 g/mol. The fourth-order valence-corrected chi connectivity index (χ4v) is 2.28. The molecular weight excluding hydrogens is 260 g/mol. The quantitative estimate of drug-likeness (QED) is 0.851. The normalized spacial score (nSPS) is 14.4. The maximum absolute atomic E-state index is 11.4. The Kier molecular flexibility index (Phi) is 3.63. The molecule has 1 aromatic carbocycles. The van der Waals surface area contributed by atoms with Crippen molar-refractivity contribution in [3.63, 3.8) is 0 Å². The van der Waals surface area contributed by atoms with Crippen molar-refractivity contribution in [2.75, 3.05) is 13.9 Å². The maximum Gasteiger partial charge on any atom is 0.339 e. The van der Waals surface area contributed by atoms with E-state index in [-0.39, 0.29) is 11.8 Å². The summed E-state index contributed by atoms with van der Waals surface area (Å²) in [6, 6.07) is 1.53. The molecule has 1 aliphatic rings. The lowest BCUT2D eigenvalue weighted by Crippen LogP contribution is -2.16. The van der Waals surface area contributed by atoms with Crippen LogP contribution in [0.25, 0.3) is 0 Å². The topological polar surface area (TPSA) is 65.0 Å². The minimum Gasteiger partial charge on any atom is -0.467 e. The molecular formula is C12H13ClO5. The molecule has 1 atom stereocenters. The predicted molar refractivity (Wildman–Crippen MR) is 63.9 cm³/mol. The number of rotatable bonds is 3. The molecule has 1 aromatic rings. The second-order valence-corrected chi connectivity index (χ2v) is 4.17. The van der Waals surface area contributed by atoms with E-state index < -0.39 is 12.1 Å². The van der Waals surface area contributed by atoms with Gasteiger partial charge in [0.15, 0.2) is 17.6 Å². The zero-order chi connectivity index (χ0) is 13.3. The number of hydrogen-bond acceptors (Lipinski definition) is 5. The van der Waals surface area contributed by atoms with Gasteiger partial charge in [0.1, 0.15) is 0 Å². The van der Waals surface area contributed by atoms with E-state index in [1.54, 1.807) is 0 Å². The number of aliphatic hydroxyl groups excluding tert-OH is 1. The Balaban J connectivity index is 2.56. The van der Waals surface area contributed by atoms with E-state index in [1.807, 2.05) is 6.92 Å². The van der Waals surface area contributed by atoms with Crippen LogP contribution in [-0.4, -0.2) is 25.0 Å². The SMILES string of the molecule is CCc1c2c(cc(Cl)c1C(O)C(=O)OC)OCO2. The van der Waals surface area contributed by atoms with Crippen molar-refractivity contribution in [3.05, 3.63) is 22.2 Å². The van der Waals surface area contributed by atoms with Crippen LogP contribution < -0.4 is 9.47 Å². The lowest BCUT2D eigenvalue weighted by molar-refractivity contribution is -0.150. The Bertz CT molecular complexity index is 486. The molecule has 98 valence electrons. The summed E-state index contributed by atoms with van der Waals surface area (Å²) in [7, 11) is 1.21. The fourth-order valence-electron chi connectivity index (χ4n) is 1.97. The molecule has 0 fully saturated rings. The van der Waals surface area contributed by atoms with Gasteiger partial charge in [-0.2, -0.15) is 0 Å². The van der Waals surface area contributed by atoms with Crippen molar-refractivity contribution in [1.82, 2.24) is 0 Å². The van der Waals surface area contributed by atoms with Crippen molar-refractivity contribution < 1.29 is 24.1 Å². The maximum atomic E-state index is 11.4. The van der Waals surface area contributed by atoms with Crippen molar-refractivity contribution in [2.45, 2.75) is 19.4 Å². The van der Waals surface area contributed by atoms with Gasteiger partial charge in [0, 0.05) is 17.2 Å². The highest BCUT2D eigenvalue weighted by atomic mass is 35.5. The number of carbonyl (C=O) groups is 1. The number of halogens is 1. The van der Waals surface area contributed by atoms with Gasteiger partial charge in [-0.25, -0.2) is 4.79 Å². The molecule has 0 bridgehead atoms. The predicted octanol–water partition coefficient (Wildman–Crippen LogP) is 1.84. The first kappa shape index (κ1) is 13.0. The molecule has 2 rings (SSSR count). The van der Waals surface area contributed by atoms with Gasteiger partial charge >= 0.3 is 5.97 Å². The van der Waals surface area contributed by atoms with Gasteiger partial charge in [0.2, 0.25) is 6.79 Å². The third kappa shape index (κ3) is 2.00. The van der Waals surface area contributed by atoms with Crippen molar-refractivity contribution in [1.29, 1.82) is 0 Å². The van der Waals surface area contributed by atoms with Gasteiger partial charge in [0.25, 0.3) is 0 Å². The summed E-state index contributed by atoms with van der Waals surface area (Å²) in [6.45, 7) is 1.98. The molecule has 1 unspecified atom stereocenters. The molecule has 0 radical (unpaired) electrons. The van der Waals surface area contributed by atoms with Crippen molar-refractivity contribution in [3.8, 4) is 11.5 Å². The van der Waals surface area contributed by atoms with Crippen LogP contribution in [0, 0.1) is 0 Å². The summed E-state index contributed by atoms with van der Waals surface area (Å²) in [5, 5.41) is 10.2. The highest BCUT2D eigenvalue weighted by Gasteiger charge is 2.29. The zero-order valence-electron chi connectivity index (χ0n) is 10.0. The molecule has 1 heterocycles. The first-order chi connectivity index (χ1) is 8.60. The highest BCUT2D eigenvalue weighted by molar-refractivity contribution is 6.32. The smallest absolute Gasteiger partial charge is 0.339 e. The van der Waals surface area contributed by atoms with Crippen LogP contribution in [-0.2, 0) is 16.0 Å². The Morgan fingerprint density at radius 1 is 1.61 bits per heavy atom. The summed E-state index contributed by atoms with van der Waals surface area (Å²) in [4.78, 5) is 11.4. The van der Waals surface area contributed by atoms with Crippen LogP contribution in [0.4, 0.5) is 0 Å². The number of aliphatic hydroxyl groups is 1. The first-order valence-corrected chi connectivity index (χ1v) is 5.84. The van der Waals surface area contributed by atoms with Gasteiger partial charge in [-0.15, -0.1) is 0 Å². The van der Waals surface area contributed by atoms with E-state index in [0.717, 1.165) is 0 Å². The van der Waals surface area contributed by atoms with E-state index in [2.05, 4.69) is 4.74 Å². The van der Waals surface area contributed by atoms with Crippen LogP contribution in [0.5, 0.6) is 11.5 Å². The Morgan fingerprint density at radius 3 is 2.94 bits per heavy atom. The van der Waals surface area contributed by atoms with Gasteiger partial charge in [-0.3, -0.25) is 0 Å². The largest absolute Gasteiger partial charge is 0.467 e. The molecule has 18 heavy (non-hydrogen) atoms. The summed E-state index contributed by atoms with van der Waals surface area (Å²) >= 11 is 6.08. The van der Waals surface area contributed by atoms with Crippen LogP contribution in [0.15, 0.2) is 6.07 Å². The van der Waals surface area contributed by atoms with Crippen LogP contribution in [0.2, 0.25) is 5.02 Å². The summed E-state index contributed by atoms with van der Waals surface area (Å²) < 4.78 is 15.1. The third-order valence-electron chi connectivity index (χ3n) is 2.81. The number of fused-ring (bicyclic) bond motifs is 1. The number of hydrogen-bond donors (Lipinski definition) is 1. The van der Waals surface area contributed by atoms with Gasteiger partial charge in [0.05, 0.1) is 12.1 Å². The number of esters is 1. The summed E-state index contributed by atoms with van der Waals surface area (Å²) in [5.74, 6) is 0.294. The molecule has 6 heteroatoms. The molecule has 0 saturated carbocycles. The van der Waals surface area contributed by atoms with Gasteiger partial charge in [-0.1, -0.05) is 18.5 Å². The van der Waals surface area contributed by atoms with E-state index >= 15 is 0 Å². The average Bonchev–Trinajstić information content (AvgIpc) is 2.82. The molecule has 1 N–H and O–H groups in total. The van der Waals surface area contributed by atoms with Gasteiger partial charge < -0.3 is 19.3 Å². The van der Waals surface area contributed by atoms with Crippen LogP contribution in [0.1, 0.15) is 24.2 Å². The number of ether oxygens (including phenoxy) is 3. The van der Waals surface area contributed by atoms with Crippen molar-refractivity contribution >= 4 is 17.6 Å². The van der Waals surface area contributed by atoms with E-state index in [1.165, 1.54) is 13.2 Å². The van der Waals surface area contributed by atoms with Crippen LogP contribution in [0.3, 0.4) is 0 Å². The number of benzene rings is 1. The minimum absolute atomic E-state index is 0.108. The zero-order valence-corrected chi connectivity index (χ0v) is 10.8. The molecule has 5 nitrogen and oxygen atoms in total. The van der Waals surface area contributed by atoms with E-state index in [0.29, 0.717) is 29.0 Å². The Morgan fingerprint density at radius 2 is 2.33 bits per heavy atom. The Hall–Kier alpha value is -1.46. The molecule has 0 aromatic heterocycles. The van der Waals surface area contributed by atoms with Crippen molar-refractivity contribution in [2.24, 2.45) is 0 Å². The lowest BCUT2D eigenvalue weighted by atomic mass is 9.98. The fraction of sp³-hybridized carbons (Fsp3) is 0.417. The molecule has 0 spiro atoms. The molecule has 0 saturated heterocycles. The standard InChI is InChI=1S/C12H13ClO5/c1-3-6-9(10(14)12(15)16-2)7(13)4-8-11(6)18-5-17-8/h4,10,14H,3,5H2,1-2H3. The number of methoxy groups -OCH3 is 1. The first-order valence-electron chi connectivity index (χ1n) is 5.46. The second-order valence-electron chi connectivity index (χ2n) is 3.76. The molecule has 0 aliphatic carbocycles. The Labute approximate surface area is 109 Å². The second kappa shape index (κ2) is 5.04. The minimum atomic E-state index is -1.42. The van der Waals surface area contributed by atoms with E-state index in [4.69, 9.17) is 21.1 Å². The van der Waals surface area contributed by atoms with Gasteiger partial charge in [-0.05, 0) is 6.42 Å². The summed E-state index contributed by atoms with van der Waals surface area (Å²) in [6.07, 6.45) is -0.873. The third-order valence-corrected chi connectivity index (χ3v) is 3.12. The van der Waals surface area contributed by atoms with E-state index in [9.17, 15) is 9.90 Å².